The molecule has 0 aliphatic rings. The number of carbonyl (C=O) groups excluding carboxylic acids is 2. The molecule has 0 fully saturated rings. The number of amides is 2. The van der Waals surface area contributed by atoms with Gasteiger partial charge in [0.05, 0.1) is 26.2 Å². The van der Waals surface area contributed by atoms with Crippen molar-refractivity contribution in [1.82, 2.24) is 4.98 Å². The van der Waals surface area contributed by atoms with Crippen molar-refractivity contribution >= 4 is 50.5 Å². The van der Waals surface area contributed by atoms with Crippen LogP contribution in [-0.4, -0.2) is 31.5 Å². The van der Waals surface area contributed by atoms with Crippen molar-refractivity contribution in [3.05, 3.63) is 100 Å². The predicted molar refractivity (Wildman–Crippen MR) is 141 cm³/mol. The summed E-state index contributed by atoms with van der Waals surface area (Å²) in [7, 11) is -3.62. The molecule has 3 N–H and O–H groups in total. The summed E-state index contributed by atoms with van der Waals surface area (Å²) in [6.45, 7) is 0. The van der Waals surface area contributed by atoms with E-state index in [0.717, 1.165) is 6.26 Å². The molecular weight excluding hydrogens is 521 g/mol. The fourth-order valence-electron chi connectivity index (χ4n) is 3.69. The maximum absolute atomic E-state index is 13.4. The Morgan fingerprint density at radius 2 is 1.64 bits per heavy atom. The Balaban J connectivity index is 1.82. The fourth-order valence-corrected chi connectivity index (χ4v) is 4.82. The molecule has 0 atom stereocenters. The molecule has 0 radical (unpaired) electrons. The highest BCUT2D eigenvalue weighted by Gasteiger charge is 2.22. The van der Waals surface area contributed by atoms with Gasteiger partial charge in [0.25, 0.3) is 11.8 Å². The van der Waals surface area contributed by atoms with E-state index in [0.29, 0.717) is 22.0 Å². The van der Waals surface area contributed by atoms with Crippen LogP contribution in [0.5, 0.6) is 0 Å². The van der Waals surface area contributed by atoms with Gasteiger partial charge in [0.2, 0.25) is 0 Å². The molecule has 1 aromatic heterocycles. The van der Waals surface area contributed by atoms with Crippen LogP contribution in [0.3, 0.4) is 0 Å². The molecule has 1 heterocycles. The number of carbonyl (C=O) groups is 2. The predicted octanol–water partition coefficient (Wildman–Crippen LogP) is 5.48. The molecule has 3 aromatic carbocycles. The lowest BCUT2D eigenvalue weighted by Crippen LogP contribution is -2.16. The van der Waals surface area contributed by atoms with E-state index >= 15 is 0 Å². The number of anilines is 1. The molecule has 4 aromatic rings. The summed E-state index contributed by atoms with van der Waals surface area (Å²) in [5.41, 5.74) is 7.74. The monoisotopic (exact) mass is 539 g/mol. The lowest BCUT2D eigenvalue weighted by molar-refractivity contribution is 0.0997. The lowest BCUT2D eigenvalue weighted by Gasteiger charge is -2.15. The third-order valence-corrected chi connectivity index (χ3v) is 7.13. The number of hydrogen-bond acceptors (Lipinski definition) is 5. The van der Waals surface area contributed by atoms with Gasteiger partial charge in [-0.25, -0.2) is 8.42 Å². The van der Waals surface area contributed by atoms with Crippen molar-refractivity contribution in [1.29, 1.82) is 0 Å². The first-order valence-corrected chi connectivity index (χ1v) is 13.2. The van der Waals surface area contributed by atoms with Gasteiger partial charge in [-0.05, 0) is 65.7 Å². The van der Waals surface area contributed by atoms with Gasteiger partial charge in [-0.15, -0.1) is 0 Å². The smallest absolute Gasteiger partial charge is 0.256 e. The number of rotatable bonds is 6. The Morgan fingerprint density at radius 1 is 0.861 bits per heavy atom. The van der Waals surface area contributed by atoms with E-state index < -0.39 is 21.7 Å². The van der Waals surface area contributed by atoms with Crippen molar-refractivity contribution < 1.29 is 18.0 Å². The minimum absolute atomic E-state index is 0.0252. The first-order chi connectivity index (χ1) is 17.1. The SMILES string of the molecule is CS(=O)(=O)c1ccc(C(=O)Nc2ccc(Cl)c(-c3ccccn3)c2)c(-c2cccc(Cl)c2C(N)=O)c1. The molecule has 0 aliphatic heterocycles. The van der Waals surface area contributed by atoms with E-state index in [9.17, 15) is 18.0 Å². The summed E-state index contributed by atoms with van der Waals surface area (Å²) in [4.78, 5) is 29.8. The fraction of sp³-hybridized carbons (Fsp3) is 0.0385. The van der Waals surface area contributed by atoms with Crippen LogP contribution in [0.4, 0.5) is 5.69 Å². The number of nitrogens with one attached hydrogen (secondary N) is 1. The molecule has 0 unspecified atom stereocenters. The molecule has 0 bridgehead atoms. The Kier molecular flexibility index (Phi) is 7.12. The molecule has 2 amide bonds. The van der Waals surface area contributed by atoms with Gasteiger partial charge in [0.15, 0.2) is 9.84 Å². The second-order valence-electron chi connectivity index (χ2n) is 7.87. The van der Waals surface area contributed by atoms with E-state index in [1.54, 1.807) is 48.7 Å². The third-order valence-electron chi connectivity index (χ3n) is 5.38. The minimum Gasteiger partial charge on any atom is -0.366 e. The Hall–Kier alpha value is -3.72. The number of benzene rings is 3. The molecule has 182 valence electrons. The van der Waals surface area contributed by atoms with Gasteiger partial charge in [-0.1, -0.05) is 41.4 Å². The van der Waals surface area contributed by atoms with E-state index in [1.807, 2.05) is 6.07 Å². The zero-order valence-corrected chi connectivity index (χ0v) is 21.2. The highest BCUT2D eigenvalue weighted by Crippen LogP contribution is 2.34. The highest BCUT2D eigenvalue weighted by atomic mass is 35.5. The van der Waals surface area contributed by atoms with Crippen LogP contribution >= 0.6 is 23.2 Å². The molecule has 36 heavy (non-hydrogen) atoms. The van der Waals surface area contributed by atoms with Gasteiger partial charge < -0.3 is 11.1 Å². The summed E-state index contributed by atoms with van der Waals surface area (Å²) in [6, 6.07) is 19.0. The third kappa shape index (κ3) is 5.26. The molecule has 0 saturated carbocycles. The zero-order chi connectivity index (χ0) is 26.0. The second kappa shape index (κ2) is 10.1. The summed E-state index contributed by atoms with van der Waals surface area (Å²) in [5.74, 6) is -1.36. The molecule has 10 heteroatoms. The molecule has 0 spiro atoms. The number of nitrogens with zero attached hydrogens (tertiary/aromatic N) is 1. The van der Waals surface area contributed by atoms with Crippen LogP contribution in [0.15, 0.2) is 83.9 Å². The van der Waals surface area contributed by atoms with Crippen molar-refractivity contribution in [3.63, 3.8) is 0 Å². The van der Waals surface area contributed by atoms with Crippen LogP contribution in [0.1, 0.15) is 20.7 Å². The Bertz CT molecular complexity index is 1610. The topological polar surface area (TPSA) is 119 Å². The second-order valence-corrected chi connectivity index (χ2v) is 10.7. The number of nitrogens with two attached hydrogens (primary N) is 1. The number of aromatic nitrogens is 1. The van der Waals surface area contributed by atoms with Gasteiger partial charge in [-0.2, -0.15) is 0 Å². The van der Waals surface area contributed by atoms with Crippen LogP contribution in [0.25, 0.3) is 22.4 Å². The van der Waals surface area contributed by atoms with Crippen LogP contribution in [0.2, 0.25) is 10.0 Å². The Labute approximate surface area is 217 Å². The average molecular weight is 540 g/mol. The van der Waals surface area contributed by atoms with E-state index in [4.69, 9.17) is 28.9 Å². The van der Waals surface area contributed by atoms with Crippen LogP contribution < -0.4 is 11.1 Å². The molecular formula is C26H19Cl2N3O4S. The quantitative estimate of drug-likeness (QED) is 0.336. The molecule has 7 nitrogen and oxygen atoms in total. The van der Waals surface area contributed by atoms with Crippen molar-refractivity contribution in [3.8, 4) is 22.4 Å². The van der Waals surface area contributed by atoms with E-state index in [-0.39, 0.29) is 32.2 Å². The van der Waals surface area contributed by atoms with E-state index in [1.165, 1.54) is 24.3 Å². The van der Waals surface area contributed by atoms with Crippen molar-refractivity contribution in [2.45, 2.75) is 4.90 Å². The average Bonchev–Trinajstić information content (AvgIpc) is 2.84. The lowest BCUT2D eigenvalue weighted by atomic mass is 9.94. The summed E-state index contributed by atoms with van der Waals surface area (Å²) >= 11 is 12.6. The number of primary amides is 1. The highest BCUT2D eigenvalue weighted by molar-refractivity contribution is 7.90. The van der Waals surface area contributed by atoms with Crippen molar-refractivity contribution in [2.75, 3.05) is 11.6 Å². The van der Waals surface area contributed by atoms with Crippen molar-refractivity contribution in [2.24, 2.45) is 5.73 Å². The molecule has 0 aliphatic carbocycles. The normalized spacial score (nSPS) is 11.2. The maximum Gasteiger partial charge on any atom is 0.256 e. The number of halogens is 2. The van der Waals surface area contributed by atoms with Crippen LogP contribution in [-0.2, 0) is 9.84 Å². The Morgan fingerprint density at radius 3 is 2.31 bits per heavy atom. The first-order valence-electron chi connectivity index (χ1n) is 10.5. The summed E-state index contributed by atoms with van der Waals surface area (Å²) in [5, 5.41) is 3.33. The molecule has 4 rings (SSSR count). The zero-order valence-electron chi connectivity index (χ0n) is 18.8. The number of pyridine rings is 1. The number of sulfone groups is 1. The minimum atomic E-state index is -3.62. The maximum atomic E-state index is 13.4. The summed E-state index contributed by atoms with van der Waals surface area (Å²) in [6.07, 6.45) is 2.68. The standard InChI is InChI=1S/C26H19Cl2N3O4S/c1-36(34,35)16-9-10-18(19(14-16)17-5-4-6-22(28)24(17)25(29)32)26(33)31-15-8-11-21(27)20(13-15)23-7-2-3-12-30-23/h2-14H,1H3,(H2,29,32)(H,31,33). The van der Waals surface area contributed by atoms with Gasteiger partial charge >= 0.3 is 0 Å². The molecule has 0 saturated heterocycles. The van der Waals surface area contributed by atoms with Crippen LogP contribution in [0, 0.1) is 0 Å². The summed E-state index contributed by atoms with van der Waals surface area (Å²) < 4.78 is 24.5. The number of hydrogen-bond donors (Lipinski definition) is 2. The largest absolute Gasteiger partial charge is 0.366 e. The van der Waals surface area contributed by atoms with Gasteiger partial charge in [-0.3, -0.25) is 14.6 Å². The van der Waals surface area contributed by atoms with E-state index in [2.05, 4.69) is 10.3 Å². The van der Waals surface area contributed by atoms with Gasteiger partial charge in [0.1, 0.15) is 0 Å². The first kappa shape index (κ1) is 25.4. The van der Waals surface area contributed by atoms with Gasteiger partial charge in [0, 0.05) is 29.3 Å².